The average molecular weight is 360 g/mol. The Balaban J connectivity index is 2.40. The average Bonchev–Trinajstić information content (AvgIpc) is 2.53. The summed E-state index contributed by atoms with van der Waals surface area (Å²) in [4.78, 5) is 13.7. The Hall–Kier alpha value is -0.930. The third kappa shape index (κ3) is 8.47. The molecule has 130 valence electrons. The Labute approximate surface area is 149 Å². The van der Waals surface area contributed by atoms with Gasteiger partial charge in [0, 0.05) is 37.0 Å². The first-order valence-corrected chi connectivity index (χ1v) is 9.25. The molecule has 0 N–H and O–H groups in total. The SMILES string of the molecule is CC(C)COC(=O)CCCc1ccc(N(CCCl)CCCl)cc1. The number of aryl methyl sites for hydroxylation is 1. The van der Waals surface area contributed by atoms with E-state index in [2.05, 4.69) is 29.2 Å². The minimum Gasteiger partial charge on any atom is -0.465 e. The van der Waals surface area contributed by atoms with E-state index in [-0.39, 0.29) is 5.97 Å². The minimum absolute atomic E-state index is 0.106. The maximum Gasteiger partial charge on any atom is 0.305 e. The zero-order chi connectivity index (χ0) is 17.1. The van der Waals surface area contributed by atoms with Crippen LogP contribution >= 0.6 is 23.2 Å². The van der Waals surface area contributed by atoms with Gasteiger partial charge in [-0.25, -0.2) is 0 Å². The number of hydrogen-bond acceptors (Lipinski definition) is 3. The molecule has 23 heavy (non-hydrogen) atoms. The smallest absolute Gasteiger partial charge is 0.305 e. The fourth-order valence-corrected chi connectivity index (χ4v) is 2.62. The van der Waals surface area contributed by atoms with Gasteiger partial charge in [-0.3, -0.25) is 4.79 Å². The van der Waals surface area contributed by atoms with Crippen molar-refractivity contribution in [2.24, 2.45) is 5.92 Å². The van der Waals surface area contributed by atoms with Crippen LogP contribution < -0.4 is 4.90 Å². The topological polar surface area (TPSA) is 29.5 Å². The van der Waals surface area contributed by atoms with Crippen LogP contribution in [0, 0.1) is 5.92 Å². The van der Waals surface area contributed by atoms with Crippen LogP contribution in [0.2, 0.25) is 0 Å². The molecule has 0 bridgehead atoms. The summed E-state index contributed by atoms with van der Waals surface area (Å²) in [6.07, 6.45) is 2.16. The van der Waals surface area contributed by atoms with Crippen molar-refractivity contribution in [1.29, 1.82) is 0 Å². The first-order chi connectivity index (χ1) is 11.1. The van der Waals surface area contributed by atoms with Crippen LogP contribution in [0.1, 0.15) is 32.3 Å². The van der Waals surface area contributed by atoms with Crippen molar-refractivity contribution < 1.29 is 9.53 Å². The number of hydrogen-bond donors (Lipinski definition) is 0. The van der Waals surface area contributed by atoms with Crippen LogP contribution in [0.5, 0.6) is 0 Å². The van der Waals surface area contributed by atoms with Crippen LogP contribution in [-0.2, 0) is 16.0 Å². The summed E-state index contributed by atoms with van der Waals surface area (Å²) in [7, 11) is 0. The molecule has 0 aliphatic carbocycles. The summed E-state index contributed by atoms with van der Waals surface area (Å²) in [6, 6.07) is 8.38. The van der Waals surface area contributed by atoms with Gasteiger partial charge < -0.3 is 9.64 Å². The van der Waals surface area contributed by atoms with Gasteiger partial charge >= 0.3 is 5.97 Å². The van der Waals surface area contributed by atoms with Gasteiger partial charge in [-0.2, -0.15) is 0 Å². The van der Waals surface area contributed by atoms with E-state index in [9.17, 15) is 4.79 Å². The van der Waals surface area contributed by atoms with Crippen molar-refractivity contribution in [3.05, 3.63) is 29.8 Å². The molecule has 0 aliphatic rings. The molecule has 3 nitrogen and oxygen atoms in total. The lowest BCUT2D eigenvalue weighted by molar-refractivity contribution is -0.144. The highest BCUT2D eigenvalue weighted by atomic mass is 35.5. The monoisotopic (exact) mass is 359 g/mol. The van der Waals surface area contributed by atoms with E-state index in [0.29, 0.717) is 30.7 Å². The summed E-state index contributed by atoms with van der Waals surface area (Å²) in [5, 5.41) is 0. The fraction of sp³-hybridized carbons (Fsp3) is 0.611. The van der Waals surface area contributed by atoms with Gasteiger partial charge in [0.1, 0.15) is 0 Å². The largest absolute Gasteiger partial charge is 0.465 e. The summed E-state index contributed by atoms with van der Waals surface area (Å²) in [5.41, 5.74) is 2.36. The third-order valence-electron chi connectivity index (χ3n) is 3.43. The number of esters is 1. The molecular weight excluding hydrogens is 333 g/mol. The summed E-state index contributed by atoms with van der Waals surface area (Å²) < 4.78 is 5.18. The number of halogens is 2. The first kappa shape index (κ1) is 20.1. The Morgan fingerprint density at radius 2 is 1.74 bits per heavy atom. The summed E-state index contributed by atoms with van der Waals surface area (Å²) in [6.45, 7) is 6.15. The molecule has 0 spiro atoms. The van der Waals surface area contributed by atoms with Crippen LogP contribution in [0.4, 0.5) is 5.69 Å². The number of rotatable bonds is 11. The summed E-state index contributed by atoms with van der Waals surface area (Å²) >= 11 is 11.7. The van der Waals surface area contributed by atoms with Gasteiger partial charge in [0.05, 0.1) is 6.61 Å². The molecule has 0 fully saturated rings. The Bertz CT molecular complexity index is 443. The molecule has 0 aromatic heterocycles. The Morgan fingerprint density at radius 3 is 2.26 bits per heavy atom. The van der Waals surface area contributed by atoms with E-state index in [1.54, 1.807) is 0 Å². The van der Waals surface area contributed by atoms with Crippen molar-refractivity contribution in [3.8, 4) is 0 Å². The number of anilines is 1. The standard InChI is InChI=1S/C18H27Cl2NO2/c1-15(2)14-23-18(22)5-3-4-16-6-8-17(9-7-16)21(12-10-19)13-11-20/h6-9,15H,3-5,10-14H2,1-2H3. The van der Waals surface area contributed by atoms with E-state index in [4.69, 9.17) is 27.9 Å². The number of carbonyl (C=O) groups excluding carboxylic acids is 1. The van der Waals surface area contributed by atoms with Gasteiger partial charge in [0.2, 0.25) is 0 Å². The molecule has 5 heteroatoms. The van der Waals surface area contributed by atoms with Crippen molar-refractivity contribution in [2.75, 3.05) is 36.4 Å². The molecule has 0 amide bonds. The molecule has 0 radical (unpaired) electrons. The van der Waals surface area contributed by atoms with E-state index >= 15 is 0 Å². The second-order valence-electron chi connectivity index (χ2n) is 5.96. The molecule has 0 saturated heterocycles. The van der Waals surface area contributed by atoms with E-state index in [1.165, 1.54) is 5.56 Å². The Morgan fingerprint density at radius 1 is 1.13 bits per heavy atom. The number of alkyl halides is 2. The predicted molar refractivity (Wildman–Crippen MR) is 98.8 cm³/mol. The predicted octanol–water partition coefficient (Wildman–Crippen LogP) is 4.49. The highest BCUT2D eigenvalue weighted by Gasteiger charge is 2.07. The second kappa shape index (κ2) is 11.6. The molecule has 1 aromatic rings. The van der Waals surface area contributed by atoms with Crippen molar-refractivity contribution in [2.45, 2.75) is 33.1 Å². The minimum atomic E-state index is -0.106. The van der Waals surface area contributed by atoms with Gasteiger partial charge in [-0.1, -0.05) is 26.0 Å². The van der Waals surface area contributed by atoms with E-state index < -0.39 is 0 Å². The van der Waals surface area contributed by atoms with Crippen LogP contribution in [-0.4, -0.2) is 37.4 Å². The number of benzene rings is 1. The number of carbonyl (C=O) groups is 1. The molecule has 0 unspecified atom stereocenters. The quantitative estimate of drug-likeness (QED) is 0.430. The van der Waals surface area contributed by atoms with Crippen molar-refractivity contribution in [3.63, 3.8) is 0 Å². The van der Waals surface area contributed by atoms with Crippen LogP contribution in [0.15, 0.2) is 24.3 Å². The molecular formula is C18H27Cl2NO2. The van der Waals surface area contributed by atoms with E-state index in [1.807, 2.05) is 13.8 Å². The molecule has 0 atom stereocenters. The number of ether oxygens (including phenoxy) is 1. The Kier molecular flexibility index (Phi) is 10.1. The lowest BCUT2D eigenvalue weighted by Crippen LogP contribution is -2.27. The molecule has 0 aliphatic heterocycles. The lowest BCUT2D eigenvalue weighted by atomic mass is 10.1. The normalized spacial score (nSPS) is 10.8. The van der Waals surface area contributed by atoms with Gasteiger partial charge in [0.15, 0.2) is 0 Å². The second-order valence-corrected chi connectivity index (χ2v) is 6.72. The zero-order valence-electron chi connectivity index (χ0n) is 14.1. The molecule has 0 saturated carbocycles. The number of nitrogens with zero attached hydrogens (tertiary/aromatic N) is 1. The van der Waals surface area contributed by atoms with Crippen LogP contribution in [0.25, 0.3) is 0 Å². The maximum atomic E-state index is 11.6. The first-order valence-electron chi connectivity index (χ1n) is 8.18. The summed E-state index contributed by atoms with van der Waals surface area (Å²) in [5.74, 6) is 1.44. The van der Waals surface area contributed by atoms with Gasteiger partial charge in [0.25, 0.3) is 0 Å². The van der Waals surface area contributed by atoms with Crippen molar-refractivity contribution in [1.82, 2.24) is 0 Å². The van der Waals surface area contributed by atoms with E-state index in [0.717, 1.165) is 31.6 Å². The zero-order valence-corrected chi connectivity index (χ0v) is 15.6. The van der Waals surface area contributed by atoms with Gasteiger partial charge in [-0.15, -0.1) is 23.2 Å². The maximum absolute atomic E-state index is 11.6. The van der Waals surface area contributed by atoms with Crippen LogP contribution in [0.3, 0.4) is 0 Å². The highest BCUT2D eigenvalue weighted by Crippen LogP contribution is 2.17. The van der Waals surface area contributed by atoms with Gasteiger partial charge in [-0.05, 0) is 36.5 Å². The third-order valence-corrected chi connectivity index (χ3v) is 3.77. The molecule has 1 aromatic carbocycles. The molecule has 0 heterocycles. The van der Waals surface area contributed by atoms with Crippen molar-refractivity contribution >= 4 is 34.9 Å². The fourth-order valence-electron chi connectivity index (χ4n) is 2.22. The molecule has 1 rings (SSSR count). The highest BCUT2D eigenvalue weighted by molar-refractivity contribution is 6.18. The lowest BCUT2D eigenvalue weighted by Gasteiger charge is -2.23.